The van der Waals surface area contributed by atoms with Crippen molar-refractivity contribution in [3.8, 4) is 5.69 Å². The summed E-state index contributed by atoms with van der Waals surface area (Å²) in [4.78, 5) is 37.0. The number of hydrogen-bond acceptors (Lipinski definition) is 4. The number of nitrogens with one attached hydrogen (secondary N) is 1. The average molecular weight is 328 g/mol. The molecule has 1 N–H and O–H groups in total. The molecule has 0 bridgehead atoms. The van der Waals surface area contributed by atoms with E-state index >= 15 is 0 Å². The first kappa shape index (κ1) is 16.2. The van der Waals surface area contributed by atoms with E-state index in [1.807, 2.05) is 19.1 Å². The number of aryl methyl sites for hydroxylation is 1. The molecule has 126 valence electrons. The Hall–Kier alpha value is -2.70. The molecule has 0 spiro atoms. The van der Waals surface area contributed by atoms with Crippen molar-refractivity contribution in [2.24, 2.45) is 7.05 Å². The fraction of sp³-hybridized carbons (Fsp3) is 0.412. The lowest BCUT2D eigenvalue weighted by Gasteiger charge is -2.13. The van der Waals surface area contributed by atoms with Crippen molar-refractivity contribution in [1.29, 1.82) is 0 Å². The van der Waals surface area contributed by atoms with E-state index in [2.05, 4.69) is 10.4 Å². The summed E-state index contributed by atoms with van der Waals surface area (Å²) >= 11 is 0. The standard InChI is InChI=1S/C17H20N4O3/c1-11-7-9-13(10-8-11)21-17(24)20(2)16(23)14(19-21)15(22)18-12-5-3-4-6-12/h7-10,12H,3-6H2,1-2H3,(H,18,22). The van der Waals surface area contributed by atoms with Crippen LogP contribution >= 0.6 is 0 Å². The number of carbonyl (C=O) groups excluding carboxylic acids is 1. The predicted octanol–water partition coefficient (Wildman–Crippen LogP) is 0.912. The second-order valence-corrected chi connectivity index (χ2v) is 6.20. The van der Waals surface area contributed by atoms with Gasteiger partial charge >= 0.3 is 5.69 Å². The molecule has 0 aliphatic heterocycles. The molecule has 24 heavy (non-hydrogen) atoms. The zero-order valence-electron chi connectivity index (χ0n) is 13.8. The van der Waals surface area contributed by atoms with Gasteiger partial charge in [0.25, 0.3) is 11.5 Å². The normalized spacial score (nSPS) is 14.8. The summed E-state index contributed by atoms with van der Waals surface area (Å²) in [6.07, 6.45) is 3.95. The number of nitrogens with zero attached hydrogens (tertiary/aromatic N) is 3. The number of aromatic nitrogens is 3. The van der Waals surface area contributed by atoms with Crippen molar-refractivity contribution in [3.63, 3.8) is 0 Å². The van der Waals surface area contributed by atoms with Crippen LogP contribution in [0.4, 0.5) is 0 Å². The third-order valence-electron chi connectivity index (χ3n) is 4.36. The van der Waals surface area contributed by atoms with Crippen LogP contribution in [-0.2, 0) is 7.05 Å². The molecule has 1 saturated carbocycles. The summed E-state index contributed by atoms with van der Waals surface area (Å²) < 4.78 is 2.00. The van der Waals surface area contributed by atoms with Crippen LogP contribution in [0, 0.1) is 6.92 Å². The Morgan fingerprint density at radius 2 is 1.79 bits per heavy atom. The highest BCUT2D eigenvalue weighted by Crippen LogP contribution is 2.17. The SMILES string of the molecule is Cc1ccc(-n2nc(C(=O)NC3CCCC3)c(=O)n(C)c2=O)cc1. The van der Waals surface area contributed by atoms with Gasteiger partial charge in [-0.1, -0.05) is 30.5 Å². The van der Waals surface area contributed by atoms with Gasteiger partial charge in [0.05, 0.1) is 5.69 Å². The van der Waals surface area contributed by atoms with Gasteiger partial charge in [0.15, 0.2) is 0 Å². The van der Waals surface area contributed by atoms with E-state index in [1.165, 1.54) is 7.05 Å². The fourth-order valence-electron chi connectivity index (χ4n) is 2.89. The maximum absolute atomic E-state index is 12.4. The number of benzene rings is 1. The average Bonchev–Trinajstić information content (AvgIpc) is 3.07. The van der Waals surface area contributed by atoms with Crippen LogP contribution in [0.3, 0.4) is 0 Å². The largest absolute Gasteiger partial charge is 0.351 e. The van der Waals surface area contributed by atoms with Crippen molar-refractivity contribution in [1.82, 2.24) is 19.7 Å². The van der Waals surface area contributed by atoms with E-state index in [1.54, 1.807) is 12.1 Å². The first-order chi connectivity index (χ1) is 11.5. The summed E-state index contributed by atoms with van der Waals surface area (Å²) in [5, 5.41) is 6.87. The molecule has 0 atom stereocenters. The summed E-state index contributed by atoms with van der Waals surface area (Å²) in [6.45, 7) is 1.93. The molecule has 1 aromatic carbocycles. The number of carbonyl (C=O) groups is 1. The molecule has 2 aromatic rings. The first-order valence-corrected chi connectivity index (χ1v) is 8.05. The zero-order valence-corrected chi connectivity index (χ0v) is 13.8. The van der Waals surface area contributed by atoms with Gasteiger partial charge in [0.1, 0.15) is 0 Å². The lowest BCUT2D eigenvalue weighted by molar-refractivity contribution is 0.0928. The highest BCUT2D eigenvalue weighted by molar-refractivity contribution is 5.92. The van der Waals surface area contributed by atoms with Crippen LogP contribution in [0.1, 0.15) is 41.7 Å². The molecule has 1 heterocycles. The second-order valence-electron chi connectivity index (χ2n) is 6.20. The Morgan fingerprint density at radius 1 is 1.17 bits per heavy atom. The number of hydrogen-bond donors (Lipinski definition) is 1. The highest BCUT2D eigenvalue weighted by atomic mass is 16.2. The van der Waals surface area contributed by atoms with Gasteiger partial charge in [0.2, 0.25) is 5.69 Å². The molecule has 1 aliphatic carbocycles. The molecular weight excluding hydrogens is 308 g/mol. The number of rotatable bonds is 3. The van der Waals surface area contributed by atoms with Gasteiger partial charge in [-0.3, -0.25) is 14.2 Å². The fourth-order valence-corrected chi connectivity index (χ4v) is 2.89. The molecule has 3 rings (SSSR count). The Bertz CT molecular complexity index is 874. The Balaban J connectivity index is 2.03. The third kappa shape index (κ3) is 3.02. The van der Waals surface area contributed by atoms with E-state index in [0.29, 0.717) is 5.69 Å². The lowest BCUT2D eigenvalue weighted by Crippen LogP contribution is -2.45. The third-order valence-corrected chi connectivity index (χ3v) is 4.36. The monoisotopic (exact) mass is 328 g/mol. The minimum Gasteiger partial charge on any atom is -0.348 e. The van der Waals surface area contributed by atoms with E-state index in [4.69, 9.17) is 0 Å². The Morgan fingerprint density at radius 3 is 2.42 bits per heavy atom. The predicted molar refractivity (Wildman–Crippen MR) is 89.5 cm³/mol. The lowest BCUT2D eigenvalue weighted by atomic mass is 10.2. The quantitative estimate of drug-likeness (QED) is 0.907. The van der Waals surface area contributed by atoms with Gasteiger partial charge in [-0.15, -0.1) is 0 Å². The highest BCUT2D eigenvalue weighted by Gasteiger charge is 2.23. The van der Waals surface area contributed by atoms with Crippen molar-refractivity contribution in [3.05, 3.63) is 56.4 Å². The van der Waals surface area contributed by atoms with Gasteiger partial charge in [-0.05, 0) is 31.9 Å². The molecule has 0 saturated heterocycles. The van der Waals surface area contributed by atoms with Gasteiger partial charge in [-0.2, -0.15) is 9.78 Å². The van der Waals surface area contributed by atoms with Gasteiger partial charge in [-0.25, -0.2) is 4.79 Å². The molecule has 1 amide bonds. The summed E-state index contributed by atoms with van der Waals surface area (Å²) in [5.41, 5.74) is 0.0247. The summed E-state index contributed by atoms with van der Waals surface area (Å²) in [6, 6.07) is 7.21. The van der Waals surface area contributed by atoms with Crippen LogP contribution in [-0.4, -0.2) is 26.3 Å². The molecule has 1 aromatic heterocycles. The smallest absolute Gasteiger partial charge is 0.348 e. The topological polar surface area (TPSA) is 86.0 Å². The van der Waals surface area contributed by atoms with Gasteiger partial charge < -0.3 is 5.32 Å². The second kappa shape index (κ2) is 6.43. The number of amides is 1. The molecule has 0 radical (unpaired) electrons. The summed E-state index contributed by atoms with van der Waals surface area (Å²) in [5.74, 6) is -0.525. The van der Waals surface area contributed by atoms with Crippen molar-refractivity contribution >= 4 is 5.91 Å². The van der Waals surface area contributed by atoms with Gasteiger partial charge in [0, 0.05) is 13.1 Å². The molecular formula is C17H20N4O3. The molecule has 1 aliphatic rings. The maximum atomic E-state index is 12.4. The van der Waals surface area contributed by atoms with Crippen LogP contribution in [0.25, 0.3) is 5.69 Å². The van der Waals surface area contributed by atoms with Crippen molar-refractivity contribution in [2.45, 2.75) is 38.6 Å². The van der Waals surface area contributed by atoms with Crippen LogP contribution in [0.2, 0.25) is 0 Å². The Labute approximate surface area is 138 Å². The van der Waals surface area contributed by atoms with Crippen molar-refractivity contribution in [2.75, 3.05) is 0 Å². The van der Waals surface area contributed by atoms with Crippen LogP contribution in [0.5, 0.6) is 0 Å². The zero-order chi connectivity index (χ0) is 17.3. The Kier molecular flexibility index (Phi) is 4.33. The van der Waals surface area contributed by atoms with E-state index < -0.39 is 17.2 Å². The minimum atomic E-state index is -0.682. The molecule has 1 fully saturated rings. The summed E-state index contributed by atoms with van der Waals surface area (Å²) in [7, 11) is 1.35. The van der Waals surface area contributed by atoms with Crippen molar-refractivity contribution < 1.29 is 4.79 Å². The molecule has 7 heteroatoms. The van der Waals surface area contributed by atoms with Crippen LogP contribution in [0.15, 0.2) is 33.9 Å². The van der Waals surface area contributed by atoms with E-state index in [-0.39, 0.29) is 11.7 Å². The minimum absolute atomic E-state index is 0.0729. The molecule has 0 unspecified atom stereocenters. The van der Waals surface area contributed by atoms with E-state index in [0.717, 1.165) is 40.5 Å². The first-order valence-electron chi connectivity index (χ1n) is 8.05. The van der Waals surface area contributed by atoms with Crippen LogP contribution < -0.4 is 16.6 Å². The van der Waals surface area contributed by atoms with E-state index in [9.17, 15) is 14.4 Å². The molecule has 7 nitrogen and oxygen atoms in total. The maximum Gasteiger partial charge on any atom is 0.351 e.